The van der Waals surface area contributed by atoms with Gasteiger partial charge in [0.1, 0.15) is 28.6 Å². The van der Waals surface area contributed by atoms with Crippen LogP contribution in [0.2, 0.25) is 0 Å². The van der Waals surface area contributed by atoms with Crippen LogP contribution in [0.1, 0.15) is 21.5 Å². The number of carbonyl (C=O) groups is 1. The van der Waals surface area contributed by atoms with E-state index in [0.29, 0.717) is 59.3 Å². The van der Waals surface area contributed by atoms with Crippen LogP contribution < -0.4 is 15.5 Å². The van der Waals surface area contributed by atoms with Crippen molar-refractivity contribution in [1.82, 2.24) is 10.2 Å². The number of carbonyl (C=O) groups excluding carboxylic acids is 1. The van der Waals surface area contributed by atoms with E-state index in [4.69, 9.17) is 13.9 Å². The van der Waals surface area contributed by atoms with Crippen LogP contribution in [0.15, 0.2) is 82.0 Å². The number of aryl methyl sites for hydroxylation is 2. The molecule has 3 aromatic rings. The van der Waals surface area contributed by atoms with Gasteiger partial charge in [-0.3, -0.25) is 14.5 Å². The van der Waals surface area contributed by atoms with Crippen LogP contribution in [0.3, 0.4) is 0 Å². The number of morpholine rings is 1. The Morgan fingerprint density at radius 1 is 0.929 bits per heavy atom. The van der Waals surface area contributed by atoms with Crippen LogP contribution in [0.4, 0.5) is 0 Å². The molecule has 2 aliphatic heterocycles. The fourth-order valence-corrected chi connectivity index (χ4v) is 5.46. The van der Waals surface area contributed by atoms with Gasteiger partial charge in [0.25, 0.3) is 5.91 Å². The minimum atomic E-state index is -0.173. The Balaban J connectivity index is 1.39. The summed E-state index contributed by atoms with van der Waals surface area (Å²) >= 11 is 0. The van der Waals surface area contributed by atoms with Crippen molar-refractivity contribution in [2.45, 2.75) is 13.8 Å². The average molecular weight is 565 g/mol. The standard InChI is InChI=1S/C34H32N2O6/c1-21-17-25(18-22(2)33(21)38)41-24-8-10-29-31(20-24)42-30-19-23(37)7-9-28(30)32(29)26-5-3-4-6-27(26)34(39)35-11-12-36-13-15-40-16-14-36/h3-10,17-20,38H,11-16H2,1-2H3,(H,35,39). The van der Waals surface area contributed by atoms with Crippen molar-refractivity contribution in [3.05, 3.63) is 99.7 Å². The molecule has 214 valence electrons. The molecule has 42 heavy (non-hydrogen) atoms. The largest absolute Gasteiger partial charge is 0.507 e. The van der Waals surface area contributed by atoms with E-state index >= 15 is 0 Å². The van der Waals surface area contributed by atoms with Gasteiger partial charge in [0.15, 0.2) is 5.43 Å². The highest BCUT2D eigenvalue weighted by Gasteiger charge is 2.22. The number of hydrogen-bond donors (Lipinski definition) is 2. The van der Waals surface area contributed by atoms with E-state index in [2.05, 4.69) is 10.2 Å². The highest BCUT2D eigenvalue weighted by atomic mass is 16.5. The number of hydrogen-bond acceptors (Lipinski definition) is 7. The first-order chi connectivity index (χ1) is 20.4. The van der Waals surface area contributed by atoms with E-state index < -0.39 is 0 Å². The molecule has 0 unspecified atom stereocenters. The molecule has 2 N–H and O–H groups in total. The van der Waals surface area contributed by atoms with Gasteiger partial charge >= 0.3 is 0 Å². The molecule has 6 rings (SSSR count). The molecule has 8 nitrogen and oxygen atoms in total. The summed E-state index contributed by atoms with van der Waals surface area (Å²) in [6, 6.07) is 21.3. The quantitative estimate of drug-likeness (QED) is 0.243. The van der Waals surface area contributed by atoms with E-state index in [-0.39, 0.29) is 17.1 Å². The number of rotatable bonds is 7. The molecule has 0 spiro atoms. The molecular weight excluding hydrogens is 532 g/mol. The molecule has 0 aromatic heterocycles. The second-order valence-corrected chi connectivity index (χ2v) is 10.6. The van der Waals surface area contributed by atoms with E-state index in [1.807, 2.05) is 50.2 Å². The summed E-state index contributed by atoms with van der Waals surface area (Å²) in [7, 11) is 0. The third-order valence-corrected chi connectivity index (χ3v) is 7.62. The lowest BCUT2D eigenvalue weighted by atomic mass is 9.90. The number of aromatic hydroxyl groups is 1. The van der Waals surface area contributed by atoms with Gasteiger partial charge in [-0.1, -0.05) is 18.2 Å². The van der Waals surface area contributed by atoms with Crippen LogP contribution in [0, 0.1) is 13.8 Å². The number of benzene rings is 4. The number of fused-ring (bicyclic) bond motifs is 2. The van der Waals surface area contributed by atoms with Crippen molar-refractivity contribution < 1.29 is 23.8 Å². The summed E-state index contributed by atoms with van der Waals surface area (Å²) in [6.07, 6.45) is 0. The van der Waals surface area contributed by atoms with Crippen molar-refractivity contribution in [3.8, 4) is 39.7 Å². The molecule has 0 atom stereocenters. The van der Waals surface area contributed by atoms with Crippen molar-refractivity contribution in [3.63, 3.8) is 0 Å². The number of phenolic OH excluding ortho intramolecular Hbond substituents is 1. The molecule has 0 radical (unpaired) electrons. The normalized spacial score (nSPS) is 13.9. The Morgan fingerprint density at radius 3 is 2.48 bits per heavy atom. The van der Waals surface area contributed by atoms with Crippen molar-refractivity contribution in [1.29, 1.82) is 0 Å². The maximum absolute atomic E-state index is 13.5. The molecule has 1 amide bonds. The predicted octanol–water partition coefficient (Wildman–Crippen LogP) is 5.74. The number of amides is 1. The molecule has 0 saturated carbocycles. The van der Waals surface area contributed by atoms with E-state index in [1.54, 1.807) is 24.3 Å². The van der Waals surface area contributed by atoms with Gasteiger partial charge in [0.2, 0.25) is 0 Å². The summed E-state index contributed by atoms with van der Waals surface area (Å²) < 4.78 is 17.8. The molecule has 1 fully saturated rings. The zero-order valence-electron chi connectivity index (χ0n) is 23.6. The van der Waals surface area contributed by atoms with E-state index in [1.165, 1.54) is 12.1 Å². The lowest BCUT2D eigenvalue weighted by Gasteiger charge is -2.26. The topological polar surface area (TPSA) is 101 Å². The SMILES string of the molecule is Cc1cc(Oc2ccc3c(-c4ccccc4C(=O)NCCN4CCOCC4)c4ccc(=O)cc-4oc3c2)cc(C)c1O. The second-order valence-electron chi connectivity index (χ2n) is 10.6. The first kappa shape index (κ1) is 27.5. The summed E-state index contributed by atoms with van der Waals surface area (Å²) in [4.78, 5) is 28.1. The number of ether oxygens (including phenoxy) is 2. The Labute approximate surface area is 243 Å². The number of nitrogens with zero attached hydrogens (tertiary/aromatic N) is 1. The van der Waals surface area contributed by atoms with Gasteiger partial charge in [-0.15, -0.1) is 0 Å². The van der Waals surface area contributed by atoms with Crippen molar-refractivity contribution in [2.24, 2.45) is 0 Å². The number of nitrogens with one attached hydrogen (secondary N) is 1. The van der Waals surface area contributed by atoms with Crippen LogP contribution in [0.5, 0.6) is 17.2 Å². The minimum absolute atomic E-state index is 0.167. The van der Waals surface area contributed by atoms with Gasteiger partial charge < -0.3 is 24.3 Å². The summed E-state index contributed by atoms with van der Waals surface area (Å²) in [5.74, 6) is 1.61. The molecule has 1 saturated heterocycles. The van der Waals surface area contributed by atoms with Gasteiger partial charge in [-0.2, -0.15) is 0 Å². The van der Waals surface area contributed by atoms with Crippen LogP contribution in [-0.4, -0.2) is 55.3 Å². The van der Waals surface area contributed by atoms with Crippen LogP contribution in [-0.2, 0) is 4.74 Å². The highest BCUT2D eigenvalue weighted by molar-refractivity contribution is 6.09. The summed E-state index contributed by atoms with van der Waals surface area (Å²) in [5.41, 5.74) is 4.57. The first-order valence-corrected chi connectivity index (χ1v) is 14.0. The molecule has 2 heterocycles. The van der Waals surface area contributed by atoms with Crippen molar-refractivity contribution >= 4 is 16.9 Å². The minimum Gasteiger partial charge on any atom is -0.507 e. The third kappa shape index (κ3) is 5.59. The van der Waals surface area contributed by atoms with Gasteiger partial charge in [0.05, 0.1) is 13.2 Å². The van der Waals surface area contributed by atoms with Gasteiger partial charge in [0, 0.05) is 60.4 Å². The van der Waals surface area contributed by atoms with E-state index in [0.717, 1.165) is 41.7 Å². The average Bonchev–Trinajstić information content (AvgIpc) is 2.99. The predicted molar refractivity (Wildman–Crippen MR) is 162 cm³/mol. The second kappa shape index (κ2) is 11.7. The van der Waals surface area contributed by atoms with E-state index in [9.17, 15) is 14.7 Å². The molecule has 8 heteroatoms. The summed E-state index contributed by atoms with van der Waals surface area (Å²) in [6.45, 7) is 8.05. The number of phenols is 1. The summed E-state index contributed by atoms with van der Waals surface area (Å²) in [5, 5.41) is 14.0. The zero-order chi connectivity index (χ0) is 29.2. The lowest BCUT2D eigenvalue weighted by molar-refractivity contribution is 0.0383. The van der Waals surface area contributed by atoms with Gasteiger partial charge in [-0.05, 0) is 73.0 Å². The molecule has 0 bridgehead atoms. The molecule has 3 aromatic carbocycles. The van der Waals surface area contributed by atoms with Gasteiger partial charge in [-0.25, -0.2) is 0 Å². The fraction of sp³-hybridized carbons (Fsp3) is 0.235. The Hall–Kier alpha value is -4.66. The lowest BCUT2D eigenvalue weighted by Crippen LogP contribution is -2.41. The highest BCUT2D eigenvalue weighted by Crippen LogP contribution is 2.42. The zero-order valence-corrected chi connectivity index (χ0v) is 23.6. The monoisotopic (exact) mass is 564 g/mol. The Kier molecular flexibility index (Phi) is 7.65. The third-order valence-electron chi connectivity index (χ3n) is 7.62. The maximum atomic E-state index is 13.5. The molecular formula is C34H32N2O6. The van der Waals surface area contributed by atoms with Crippen LogP contribution >= 0.6 is 0 Å². The molecule has 1 aliphatic carbocycles. The maximum Gasteiger partial charge on any atom is 0.251 e. The smallest absolute Gasteiger partial charge is 0.251 e. The van der Waals surface area contributed by atoms with Crippen LogP contribution in [0.25, 0.3) is 33.4 Å². The molecule has 3 aliphatic rings. The first-order valence-electron chi connectivity index (χ1n) is 14.0. The Bertz CT molecular complexity index is 1780. The Morgan fingerprint density at radius 2 is 1.69 bits per heavy atom. The van der Waals surface area contributed by atoms with Crippen molar-refractivity contribution in [2.75, 3.05) is 39.4 Å². The fourth-order valence-electron chi connectivity index (χ4n) is 5.46.